The van der Waals surface area contributed by atoms with Crippen molar-refractivity contribution in [2.75, 3.05) is 0 Å². The normalized spacial score (nSPS) is 13.4. The molecule has 12 rings (SSSR count). The third kappa shape index (κ3) is 5.55. The van der Waals surface area contributed by atoms with E-state index in [2.05, 4.69) is 199 Å². The van der Waals surface area contributed by atoms with E-state index >= 15 is 0 Å². The Balaban J connectivity index is 1.15. The van der Waals surface area contributed by atoms with Crippen LogP contribution in [0.4, 0.5) is 0 Å². The number of hydrogen-bond donors (Lipinski definition) is 0. The molecule has 9 aromatic carbocycles. The minimum atomic E-state index is 0.504. The Morgan fingerprint density at radius 3 is 1.56 bits per heavy atom. The molecule has 2 heterocycles. The monoisotopic (exact) mass is 755 g/mol. The number of furan rings is 1. The number of nitrogens with zero attached hydrogens (tertiary/aromatic N) is 1. The molecular formula is C57H41NO. The van der Waals surface area contributed by atoms with Gasteiger partial charge in [-0.3, -0.25) is 0 Å². The second kappa shape index (κ2) is 13.7. The molecule has 1 aliphatic carbocycles. The van der Waals surface area contributed by atoms with Crippen molar-refractivity contribution >= 4 is 54.5 Å². The number of para-hydroxylation sites is 1. The molecule has 0 saturated heterocycles. The van der Waals surface area contributed by atoms with Crippen LogP contribution in [0, 0.1) is 0 Å². The standard InChI is InChI=1S/C57H41NO/c1-4-16-37(17-5-1)40-28-30-46-50-35-41(29-31-51(50)58(52(46)36-40)45-22-10-11-23-45)54-47-24-12-13-25-48(47)55(57-56(54)49-26-14-15-27-53(49)59-57)44-33-42(38-18-6-2-7-19-38)32-43(34-44)39-20-8-3-9-21-39/h1-9,12-21,24-36,45H,10-11,22-23H2. The molecule has 0 amide bonds. The van der Waals surface area contributed by atoms with Crippen LogP contribution >= 0.6 is 0 Å². The zero-order valence-electron chi connectivity index (χ0n) is 32.7. The van der Waals surface area contributed by atoms with Crippen LogP contribution < -0.4 is 0 Å². The van der Waals surface area contributed by atoms with Gasteiger partial charge in [0.2, 0.25) is 0 Å². The van der Waals surface area contributed by atoms with Gasteiger partial charge >= 0.3 is 0 Å². The van der Waals surface area contributed by atoms with E-state index in [0.29, 0.717) is 6.04 Å². The number of benzene rings is 9. The summed E-state index contributed by atoms with van der Waals surface area (Å²) < 4.78 is 9.75. The Hall–Kier alpha value is -7.16. The first-order valence-electron chi connectivity index (χ1n) is 21.0. The summed E-state index contributed by atoms with van der Waals surface area (Å²) in [4.78, 5) is 0. The van der Waals surface area contributed by atoms with Crippen molar-refractivity contribution in [2.45, 2.75) is 31.7 Å². The van der Waals surface area contributed by atoms with E-state index in [4.69, 9.17) is 4.42 Å². The van der Waals surface area contributed by atoms with Crippen molar-refractivity contribution in [3.63, 3.8) is 0 Å². The molecule has 59 heavy (non-hydrogen) atoms. The highest BCUT2D eigenvalue weighted by Crippen LogP contribution is 2.50. The van der Waals surface area contributed by atoms with E-state index in [-0.39, 0.29) is 0 Å². The van der Waals surface area contributed by atoms with Gasteiger partial charge in [-0.2, -0.15) is 0 Å². The molecule has 0 atom stereocenters. The average Bonchev–Trinajstić information content (AvgIpc) is 4.05. The molecule has 1 aliphatic rings. The van der Waals surface area contributed by atoms with Crippen LogP contribution in [0.5, 0.6) is 0 Å². The molecule has 2 heteroatoms. The van der Waals surface area contributed by atoms with Crippen LogP contribution in [0.2, 0.25) is 0 Å². The predicted octanol–water partition coefficient (Wildman–Crippen LogP) is 16.3. The van der Waals surface area contributed by atoms with Crippen LogP contribution in [0.25, 0.3) is 110 Å². The minimum absolute atomic E-state index is 0.504. The van der Waals surface area contributed by atoms with Gasteiger partial charge in [0.15, 0.2) is 0 Å². The highest BCUT2D eigenvalue weighted by Gasteiger charge is 2.26. The number of aromatic nitrogens is 1. The summed E-state index contributed by atoms with van der Waals surface area (Å²) in [7, 11) is 0. The Bertz CT molecular complexity index is 3310. The second-order valence-corrected chi connectivity index (χ2v) is 16.3. The van der Waals surface area contributed by atoms with Gasteiger partial charge < -0.3 is 8.98 Å². The van der Waals surface area contributed by atoms with Crippen molar-refractivity contribution in [1.82, 2.24) is 4.57 Å². The van der Waals surface area contributed by atoms with Gasteiger partial charge in [-0.05, 0) is 111 Å². The van der Waals surface area contributed by atoms with Crippen molar-refractivity contribution in [3.8, 4) is 55.6 Å². The van der Waals surface area contributed by atoms with Gasteiger partial charge in [-0.15, -0.1) is 0 Å². The van der Waals surface area contributed by atoms with E-state index in [1.807, 2.05) is 0 Å². The molecule has 0 spiro atoms. The molecule has 2 nitrogen and oxygen atoms in total. The molecule has 0 aliphatic heterocycles. The lowest BCUT2D eigenvalue weighted by atomic mass is 9.86. The third-order valence-electron chi connectivity index (χ3n) is 12.9. The summed E-state index contributed by atoms with van der Waals surface area (Å²) in [6.45, 7) is 0. The molecule has 0 unspecified atom stereocenters. The smallest absolute Gasteiger partial charge is 0.144 e. The van der Waals surface area contributed by atoms with Gasteiger partial charge in [-0.1, -0.05) is 165 Å². The molecule has 0 radical (unpaired) electrons. The molecule has 280 valence electrons. The Morgan fingerprint density at radius 1 is 0.356 bits per heavy atom. The summed E-state index contributed by atoms with van der Waals surface area (Å²) in [6.07, 6.45) is 5.02. The molecule has 2 aromatic heterocycles. The van der Waals surface area contributed by atoms with Gasteiger partial charge in [0.1, 0.15) is 11.2 Å². The minimum Gasteiger partial charge on any atom is -0.455 e. The summed E-state index contributed by atoms with van der Waals surface area (Å²) in [6, 6.07) is 71.7. The van der Waals surface area contributed by atoms with Crippen molar-refractivity contribution in [1.29, 1.82) is 0 Å². The summed E-state index contributed by atoms with van der Waals surface area (Å²) in [5, 5.41) is 7.31. The Morgan fingerprint density at radius 2 is 0.898 bits per heavy atom. The number of hydrogen-bond acceptors (Lipinski definition) is 1. The first-order chi connectivity index (χ1) is 29.3. The zero-order chi connectivity index (χ0) is 38.9. The highest BCUT2D eigenvalue weighted by atomic mass is 16.3. The van der Waals surface area contributed by atoms with Crippen LogP contribution in [0.15, 0.2) is 199 Å². The molecule has 1 fully saturated rings. The van der Waals surface area contributed by atoms with Crippen LogP contribution in [0.3, 0.4) is 0 Å². The van der Waals surface area contributed by atoms with E-state index in [1.54, 1.807) is 0 Å². The first kappa shape index (κ1) is 33.9. The largest absolute Gasteiger partial charge is 0.455 e. The van der Waals surface area contributed by atoms with Crippen LogP contribution in [0.1, 0.15) is 31.7 Å². The van der Waals surface area contributed by atoms with Gasteiger partial charge in [0.05, 0.1) is 0 Å². The number of rotatable bonds is 6. The highest BCUT2D eigenvalue weighted by molar-refractivity contribution is 6.27. The lowest BCUT2D eigenvalue weighted by Crippen LogP contribution is -2.04. The lowest BCUT2D eigenvalue weighted by Gasteiger charge is -2.17. The molecule has 11 aromatic rings. The molecule has 1 saturated carbocycles. The summed E-state index contributed by atoms with van der Waals surface area (Å²) in [5.41, 5.74) is 16.4. The fourth-order valence-electron chi connectivity index (χ4n) is 10.2. The van der Waals surface area contributed by atoms with E-state index in [9.17, 15) is 0 Å². The molecular weight excluding hydrogens is 715 g/mol. The average molecular weight is 756 g/mol. The quantitative estimate of drug-likeness (QED) is 0.165. The van der Waals surface area contributed by atoms with Crippen LogP contribution in [-0.2, 0) is 0 Å². The van der Waals surface area contributed by atoms with Crippen molar-refractivity contribution in [2.24, 2.45) is 0 Å². The maximum atomic E-state index is 7.08. The summed E-state index contributed by atoms with van der Waals surface area (Å²) >= 11 is 0. The fraction of sp³-hybridized carbons (Fsp3) is 0.0877. The van der Waals surface area contributed by atoms with E-state index in [1.165, 1.54) is 103 Å². The summed E-state index contributed by atoms with van der Waals surface area (Å²) in [5.74, 6) is 0. The van der Waals surface area contributed by atoms with Gasteiger partial charge in [0.25, 0.3) is 0 Å². The Labute approximate surface area is 343 Å². The maximum absolute atomic E-state index is 7.08. The van der Waals surface area contributed by atoms with E-state index in [0.717, 1.165) is 33.1 Å². The fourth-order valence-corrected chi connectivity index (χ4v) is 10.2. The SMILES string of the molecule is c1ccc(-c2cc(-c3ccccc3)cc(-c3c4ccccc4c(-c4ccc5c(c4)c4ccc(-c6ccccc6)cc4n5C4CCCC4)c4c3oc3ccccc34)c2)cc1. The first-order valence-corrected chi connectivity index (χ1v) is 21.0. The second-order valence-electron chi connectivity index (χ2n) is 16.3. The van der Waals surface area contributed by atoms with Crippen molar-refractivity contribution < 1.29 is 4.42 Å². The maximum Gasteiger partial charge on any atom is 0.144 e. The molecule has 0 N–H and O–H groups in total. The molecule has 0 bridgehead atoms. The van der Waals surface area contributed by atoms with Gasteiger partial charge in [-0.25, -0.2) is 0 Å². The van der Waals surface area contributed by atoms with Gasteiger partial charge in [0, 0.05) is 49.7 Å². The van der Waals surface area contributed by atoms with E-state index < -0.39 is 0 Å². The topological polar surface area (TPSA) is 18.1 Å². The number of fused-ring (bicyclic) bond motifs is 7. The van der Waals surface area contributed by atoms with Crippen molar-refractivity contribution in [3.05, 3.63) is 194 Å². The zero-order valence-corrected chi connectivity index (χ0v) is 32.7. The van der Waals surface area contributed by atoms with Crippen LogP contribution in [-0.4, -0.2) is 4.57 Å². The predicted molar refractivity (Wildman–Crippen MR) is 249 cm³/mol. The Kier molecular flexibility index (Phi) is 7.91. The third-order valence-corrected chi connectivity index (χ3v) is 12.9. The lowest BCUT2D eigenvalue weighted by molar-refractivity contribution is 0.550.